The maximum atomic E-state index is 12.7. The van der Waals surface area contributed by atoms with E-state index in [1.165, 1.54) is 44.5 Å². The summed E-state index contributed by atoms with van der Waals surface area (Å²) in [6, 6.07) is 46.9. The van der Waals surface area contributed by atoms with Gasteiger partial charge in [0.2, 0.25) is 0 Å². The molecule has 0 aliphatic heterocycles. The van der Waals surface area contributed by atoms with Crippen molar-refractivity contribution >= 4 is 22.6 Å². The van der Waals surface area contributed by atoms with Gasteiger partial charge in [-0.2, -0.15) is 0 Å². The number of hydrogen-bond acceptors (Lipinski definition) is 2. The lowest BCUT2D eigenvalue weighted by Crippen LogP contribution is -2.04. The molecule has 0 saturated heterocycles. The Morgan fingerprint density at radius 3 is 1.33 bits per heavy atom. The van der Waals surface area contributed by atoms with Crippen LogP contribution in [0.2, 0.25) is 0 Å². The first kappa shape index (κ1) is 30.0. The molecule has 6 aromatic rings. The summed E-state index contributed by atoms with van der Waals surface area (Å²) < 4.78 is 0. The second-order valence-corrected chi connectivity index (χ2v) is 11.8. The second-order valence-electron chi connectivity index (χ2n) is 11.4. The molecule has 0 heterocycles. The molecule has 2 nitrogen and oxygen atoms in total. The Labute approximate surface area is 270 Å². The number of rotatable bonds is 3. The van der Waals surface area contributed by atoms with E-state index in [2.05, 4.69) is 84.9 Å². The summed E-state index contributed by atoms with van der Waals surface area (Å²) in [5.41, 5.74) is 15.0. The van der Waals surface area contributed by atoms with Gasteiger partial charge in [0.05, 0.1) is 0 Å². The third-order valence-electron chi connectivity index (χ3n) is 8.51. The second kappa shape index (κ2) is 13.3. The van der Waals surface area contributed by atoms with Crippen molar-refractivity contribution in [2.45, 2.75) is 26.7 Å². The summed E-state index contributed by atoms with van der Waals surface area (Å²) in [4.78, 5) is 23.4. The van der Waals surface area contributed by atoms with Crippen LogP contribution in [-0.4, -0.2) is 11.0 Å². The van der Waals surface area contributed by atoms with Crippen molar-refractivity contribution in [3.05, 3.63) is 190 Å². The lowest BCUT2D eigenvalue weighted by molar-refractivity contribution is 0.103. The third kappa shape index (κ3) is 6.43. The van der Waals surface area contributed by atoms with E-state index in [-0.39, 0.29) is 5.78 Å². The molecule has 0 bridgehead atoms. The first-order chi connectivity index (χ1) is 21.9. The fourth-order valence-corrected chi connectivity index (χ4v) is 6.35. The van der Waals surface area contributed by atoms with E-state index in [4.69, 9.17) is 11.6 Å². The molecule has 0 atom stereocenters. The summed E-state index contributed by atoms with van der Waals surface area (Å²) in [5.74, 6) is 0.108. The molecule has 0 amide bonds. The molecule has 8 rings (SSSR count). The fourth-order valence-electron chi connectivity index (χ4n) is 6.14. The van der Waals surface area contributed by atoms with Gasteiger partial charge in [0.15, 0.2) is 5.78 Å². The first-order valence-corrected chi connectivity index (χ1v) is 15.5. The Bertz CT molecular complexity index is 1990. The molecule has 0 radical (unpaired) electrons. The van der Waals surface area contributed by atoms with Crippen LogP contribution in [0, 0.1) is 13.8 Å². The molecule has 3 heteroatoms. The summed E-state index contributed by atoms with van der Waals surface area (Å²) in [7, 11) is 0. The van der Waals surface area contributed by atoms with Gasteiger partial charge in [-0.15, -0.1) is 0 Å². The first-order valence-electron chi connectivity index (χ1n) is 15.1. The van der Waals surface area contributed by atoms with Crippen molar-refractivity contribution in [2.24, 2.45) is 0 Å². The van der Waals surface area contributed by atoms with Gasteiger partial charge < -0.3 is 0 Å². The molecule has 0 fully saturated rings. The number of carbonyl (C=O) groups is 2. The maximum absolute atomic E-state index is 12.7. The smallest absolute Gasteiger partial charge is 0.252 e. The van der Waals surface area contributed by atoms with Crippen LogP contribution >= 0.6 is 11.6 Å². The molecule has 0 unspecified atom stereocenters. The Kier molecular flexibility index (Phi) is 8.86. The highest BCUT2D eigenvalue weighted by Gasteiger charge is 2.20. The van der Waals surface area contributed by atoms with E-state index in [1.807, 2.05) is 56.3 Å². The Morgan fingerprint density at radius 2 is 0.867 bits per heavy atom. The standard InChI is InChI=1S/C21H16O.C13H10.C8H7ClO/c1-14-6-2-4-8-18(14)21(22)16-10-11-20-17(13-16)12-15-7-3-5-9-19(15)20;1-3-7-12-10(5-1)9-11-6-2-4-8-13(11)12;1-6-4-2-3-5-7(6)8(9)10/h2-11,13H,12H2,1H3;1-8H,9H2;2-5H,1H3. The predicted octanol–water partition coefficient (Wildman–Crippen LogP) is 10.4. The van der Waals surface area contributed by atoms with Crippen LogP contribution in [0.1, 0.15) is 59.7 Å². The molecule has 45 heavy (non-hydrogen) atoms. The third-order valence-corrected chi connectivity index (χ3v) is 8.71. The van der Waals surface area contributed by atoms with Crippen molar-refractivity contribution < 1.29 is 9.59 Å². The number of ketones is 1. The Balaban J connectivity index is 0.000000132. The molecule has 0 spiro atoms. The van der Waals surface area contributed by atoms with Crippen LogP contribution in [0.15, 0.2) is 140 Å². The minimum absolute atomic E-state index is 0.108. The molecular formula is C42H33ClO2. The number of halogens is 1. The number of fused-ring (bicyclic) bond motifs is 6. The van der Waals surface area contributed by atoms with Crippen LogP contribution in [0.25, 0.3) is 22.3 Å². The maximum Gasteiger partial charge on any atom is 0.252 e. The summed E-state index contributed by atoms with van der Waals surface area (Å²) >= 11 is 5.27. The van der Waals surface area contributed by atoms with E-state index in [0.717, 1.165) is 35.1 Å². The molecule has 220 valence electrons. The van der Waals surface area contributed by atoms with E-state index in [0.29, 0.717) is 5.56 Å². The van der Waals surface area contributed by atoms with Gasteiger partial charge in [-0.25, -0.2) is 0 Å². The monoisotopic (exact) mass is 604 g/mol. The highest BCUT2D eigenvalue weighted by atomic mass is 35.5. The average Bonchev–Trinajstić information content (AvgIpc) is 3.63. The molecule has 6 aromatic carbocycles. The van der Waals surface area contributed by atoms with Gasteiger partial charge in [-0.1, -0.05) is 127 Å². The van der Waals surface area contributed by atoms with E-state index < -0.39 is 5.24 Å². The van der Waals surface area contributed by atoms with Crippen LogP contribution in [0.5, 0.6) is 0 Å². The largest absolute Gasteiger partial charge is 0.289 e. The van der Waals surface area contributed by atoms with E-state index in [1.54, 1.807) is 12.1 Å². The lowest BCUT2D eigenvalue weighted by atomic mass is 9.96. The summed E-state index contributed by atoms with van der Waals surface area (Å²) in [5, 5.41) is -0.391. The van der Waals surface area contributed by atoms with Crippen molar-refractivity contribution in [3.63, 3.8) is 0 Å². The van der Waals surface area contributed by atoms with Crippen LogP contribution in [0.4, 0.5) is 0 Å². The van der Waals surface area contributed by atoms with Crippen molar-refractivity contribution in [1.29, 1.82) is 0 Å². The molecule has 2 aliphatic carbocycles. The van der Waals surface area contributed by atoms with Crippen molar-refractivity contribution in [2.75, 3.05) is 0 Å². The van der Waals surface area contributed by atoms with Crippen LogP contribution < -0.4 is 0 Å². The summed E-state index contributed by atoms with van der Waals surface area (Å²) in [6.45, 7) is 3.84. The molecule has 0 aromatic heterocycles. The van der Waals surface area contributed by atoms with Crippen molar-refractivity contribution in [1.82, 2.24) is 0 Å². The van der Waals surface area contributed by atoms with Gasteiger partial charge in [0.25, 0.3) is 5.24 Å². The van der Waals surface area contributed by atoms with E-state index >= 15 is 0 Å². The molecule has 0 saturated carbocycles. The zero-order chi connectivity index (χ0) is 31.3. The quantitative estimate of drug-likeness (QED) is 0.148. The van der Waals surface area contributed by atoms with Gasteiger partial charge in [-0.05, 0) is 106 Å². The number of carbonyl (C=O) groups excluding carboxylic acids is 2. The molecule has 0 N–H and O–H groups in total. The van der Waals surface area contributed by atoms with Crippen LogP contribution in [0.3, 0.4) is 0 Å². The van der Waals surface area contributed by atoms with Gasteiger partial charge in [0.1, 0.15) is 0 Å². The minimum Gasteiger partial charge on any atom is -0.289 e. The molecule has 2 aliphatic rings. The number of benzene rings is 6. The van der Waals surface area contributed by atoms with Crippen molar-refractivity contribution in [3.8, 4) is 22.3 Å². The predicted molar refractivity (Wildman–Crippen MR) is 185 cm³/mol. The van der Waals surface area contributed by atoms with Crippen LogP contribution in [-0.2, 0) is 12.8 Å². The van der Waals surface area contributed by atoms with E-state index in [9.17, 15) is 9.59 Å². The fraction of sp³-hybridized carbons (Fsp3) is 0.0952. The topological polar surface area (TPSA) is 34.1 Å². The van der Waals surface area contributed by atoms with Gasteiger partial charge in [0, 0.05) is 16.7 Å². The summed E-state index contributed by atoms with van der Waals surface area (Å²) in [6.07, 6.45) is 2.02. The lowest BCUT2D eigenvalue weighted by Gasteiger charge is -2.07. The number of hydrogen-bond donors (Lipinski definition) is 0. The Morgan fingerprint density at radius 1 is 0.467 bits per heavy atom. The van der Waals surface area contributed by atoms with Gasteiger partial charge >= 0.3 is 0 Å². The normalized spacial score (nSPS) is 11.4. The molecular weight excluding hydrogens is 572 g/mol. The average molecular weight is 605 g/mol. The Hall–Kier alpha value is -5.05. The highest BCUT2D eigenvalue weighted by molar-refractivity contribution is 6.67. The van der Waals surface area contributed by atoms with Gasteiger partial charge in [-0.3, -0.25) is 9.59 Å². The highest BCUT2D eigenvalue weighted by Crippen LogP contribution is 2.37. The minimum atomic E-state index is -0.391. The number of aryl methyl sites for hydroxylation is 2. The SMILES string of the molecule is Cc1ccccc1C(=O)Cl.Cc1ccccc1C(=O)c1ccc2c(c1)Cc1ccccc1-2.c1ccc2c(c1)Cc1ccccc1-2. The zero-order valence-electron chi connectivity index (χ0n) is 25.4. The zero-order valence-corrected chi connectivity index (χ0v) is 26.1.